The number of hydrogen-bond donors (Lipinski definition) is 1. The minimum absolute atomic E-state index is 0.0632. The van der Waals surface area contributed by atoms with Crippen LogP contribution in [0.15, 0.2) is 6.07 Å². The molecular weight excluding hydrogens is 270 g/mol. The van der Waals surface area contributed by atoms with Gasteiger partial charge in [0.15, 0.2) is 0 Å². The molecule has 1 aromatic rings. The summed E-state index contributed by atoms with van der Waals surface area (Å²) in [5.74, 6) is 0.638. The molecule has 0 radical (unpaired) electrons. The van der Waals surface area contributed by atoms with E-state index in [1.807, 2.05) is 26.8 Å². The molecule has 1 fully saturated rings. The Morgan fingerprint density at radius 3 is 2.95 bits per heavy atom. The average molecular weight is 293 g/mol. The van der Waals surface area contributed by atoms with Crippen LogP contribution >= 0.6 is 0 Å². The SMILES string of the molecule is Cc1cc(OC(C)C)nc(N2CCCC(CC(=O)O)C2)n1. The fourth-order valence-corrected chi connectivity index (χ4v) is 2.63. The van der Waals surface area contributed by atoms with Crippen molar-refractivity contribution in [1.29, 1.82) is 0 Å². The number of carbonyl (C=O) groups is 1. The Kier molecular flexibility index (Phi) is 4.98. The van der Waals surface area contributed by atoms with Gasteiger partial charge in [-0.2, -0.15) is 4.98 Å². The molecule has 0 bridgehead atoms. The molecule has 1 aliphatic heterocycles. The lowest BCUT2D eigenvalue weighted by Gasteiger charge is -2.32. The fraction of sp³-hybridized carbons (Fsp3) is 0.667. The maximum Gasteiger partial charge on any atom is 0.303 e. The molecular formula is C15H23N3O3. The quantitative estimate of drug-likeness (QED) is 0.897. The molecule has 0 aliphatic carbocycles. The van der Waals surface area contributed by atoms with Crippen molar-refractivity contribution in [3.05, 3.63) is 11.8 Å². The van der Waals surface area contributed by atoms with Crippen molar-refractivity contribution >= 4 is 11.9 Å². The van der Waals surface area contributed by atoms with E-state index in [0.29, 0.717) is 18.4 Å². The molecule has 116 valence electrons. The number of nitrogens with zero attached hydrogens (tertiary/aromatic N) is 3. The van der Waals surface area contributed by atoms with Crippen molar-refractivity contribution in [1.82, 2.24) is 9.97 Å². The number of aromatic nitrogens is 2. The molecule has 1 N–H and O–H groups in total. The predicted molar refractivity (Wildman–Crippen MR) is 79.7 cm³/mol. The number of hydrogen-bond acceptors (Lipinski definition) is 5. The highest BCUT2D eigenvalue weighted by Crippen LogP contribution is 2.24. The van der Waals surface area contributed by atoms with Gasteiger partial charge in [-0.15, -0.1) is 0 Å². The fourth-order valence-electron chi connectivity index (χ4n) is 2.63. The second-order valence-corrected chi connectivity index (χ2v) is 5.87. The molecule has 0 saturated carbocycles. The molecule has 6 nitrogen and oxygen atoms in total. The highest BCUT2D eigenvalue weighted by molar-refractivity contribution is 5.67. The Labute approximate surface area is 125 Å². The monoisotopic (exact) mass is 293 g/mol. The summed E-state index contributed by atoms with van der Waals surface area (Å²) in [6, 6.07) is 1.82. The van der Waals surface area contributed by atoms with Gasteiger partial charge in [0.05, 0.1) is 6.10 Å². The van der Waals surface area contributed by atoms with Crippen LogP contribution in [0.25, 0.3) is 0 Å². The predicted octanol–water partition coefficient (Wildman–Crippen LogP) is 2.26. The first-order chi connectivity index (χ1) is 9.94. The molecule has 1 saturated heterocycles. The van der Waals surface area contributed by atoms with E-state index in [1.165, 1.54) is 0 Å². The number of anilines is 1. The van der Waals surface area contributed by atoms with E-state index in [0.717, 1.165) is 25.1 Å². The topological polar surface area (TPSA) is 75.5 Å². The number of piperidine rings is 1. The molecule has 1 atom stereocenters. The van der Waals surface area contributed by atoms with Crippen LogP contribution in [-0.4, -0.2) is 40.2 Å². The Hall–Kier alpha value is -1.85. The van der Waals surface area contributed by atoms with E-state index in [2.05, 4.69) is 14.9 Å². The minimum Gasteiger partial charge on any atom is -0.481 e. The van der Waals surface area contributed by atoms with E-state index in [-0.39, 0.29) is 18.4 Å². The van der Waals surface area contributed by atoms with Gasteiger partial charge in [0, 0.05) is 31.3 Å². The summed E-state index contributed by atoms with van der Waals surface area (Å²) in [6.45, 7) is 7.39. The lowest BCUT2D eigenvalue weighted by atomic mass is 9.95. The summed E-state index contributed by atoms with van der Waals surface area (Å²) in [6.07, 6.45) is 2.19. The number of rotatable bonds is 5. The zero-order valence-corrected chi connectivity index (χ0v) is 12.9. The maximum atomic E-state index is 10.9. The minimum atomic E-state index is -0.740. The molecule has 1 unspecified atom stereocenters. The van der Waals surface area contributed by atoms with Crippen molar-refractivity contribution in [2.45, 2.75) is 46.1 Å². The van der Waals surface area contributed by atoms with Gasteiger partial charge in [0.2, 0.25) is 11.8 Å². The van der Waals surface area contributed by atoms with E-state index in [1.54, 1.807) is 0 Å². The lowest BCUT2D eigenvalue weighted by molar-refractivity contribution is -0.138. The van der Waals surface area contributed by atoms with Crippen molar-refractivity contribution in [3.63, 3.8) is 0 Å². The smallest absolute Gasteiger partial charge is 0.303 e. The van der Waals surface area contributed by atoms with Gasteiger partial charge in [-0.25, -0.2) is 4.98 Å². The summed E-state index contributed by atoms with van der Waals surface area (Å²) in [5.41, 5.74) is 0.857. The molecule has 1 aromatic heterocycles. The summed E-state index contributed by atoms with van der Waals surface area (Å²) in [7, 11) is 0. The molecule has 21 heavy (non-hydrogen) atoms. The van der Waals surface area contributed by atoms with Gasteiger partial charge in [-0.1, -0.05) is 0 Å². The van der Waals surface area contributed by atoms with E-state index >= 15 is 0 Å². The Morgan fingerprint density at radius 2 is 2.29 bits per heavy atom. The van der Waals surface area contributed by atoms with Crippen molar-refractivity contribution < 1.29 is 14.6 Å². The summed E-state index contributed by atoms with van der Waals surface area (Å²) >= 11 is 0. The number of carboxylic acids is 1. The van der Waals surface area contributed by atoms with Gasteiger partial charge in [-0.3, -0.25) is 4.79 Å². The zero-order valence-electron chi connectivity index (χ0n) is 12.9. The molecule has 0 amide bonds. The highest BCUT2D eigenvalue weighted by atomic mass is 16.5. The standard InChI is InChI=1S/C15H23N3O3/c1-10(2)21-13-7-11(3)16-15(17-13)18-6-4-5-12(9-18)8-14(19)20/h7,10,12H,4-6,8-9H2,1-3H3,(H,19,20). The molecule has 2 rings (SSSR count). The van der Waals surface area contributed by atoms with Gasteiger partial charge in [0.1, 0.15) is 0 Å². The number of carboxylic acid groups (broad SMARTS) is 1. The molecule has 2 heterocycles. The van der Waals surface area contributed by atoms with Crippen LogP contribution in [0, 0.1) is 12.8 Å². The van der Waals surface area contributed by atoms with Gasteiger partial charge in [-0.05, 0) is 39.5 Å². The second-order valence-electron chi connectivity index (χ2n) is 5.87. The van der Waals surface area contributed by atoms with E-state index < -0.39 is 5.97 Å². The number of aliphatic carboxylic acids is 1. The zero-order chi connectivity index (χ0) is 15.4. The van der Waals surface area contributed by atoms with Crippen molar-refractivity contribution in [2.75, 3.05) is 18.0 Å². The summed E-state index contributed by atoms with van der Waals surface area (Å²) in [5, 5.41) is 8.94. The summed E-state index contributed by atoms with van der Waals surface area (Å²) < 4.78 is 5.65. The summed E-state index contributed by atoms with van der Waals surface area (Å²) in [4.78, 5) is 21.9. The Balaban J connectivity index is 2.12. The normalized spacial score (nSPS) is 18.9. The first-order valence-corrected chi connectivity index (χ1v) is 7.43. The first kappa shape index (κ1) is 15.5. The molecule has 6 heteroatoms. The van der Waals surface area contributed by atoms with Gasteiger partial charge < -0.3 is 14.7 Å². The Bertz CT molecular complexity index is 505. The highest BCUT2D eigenvalue weighted by Gasteiger charge is 2.24. The lowest BCUT2D eigenvalue weighted by Crippen LogP contribution is -2.37. The van der Waals surface area contributed by atoms with Crippen LogP contribution in [0.4, 0.5) is 5.95 Å². The number of ether oxygens (including phenoxy) is 1. The van der Waals surface area contributed by atoms with Crippen LogP contribution in [0.5, 0.6) is 5.88 Å². The van der Waals surface area contributed by atoms with Gasteiger partial charge >= 0.3 is 5.97 Å². The largest absolute Gasteiger partial charge is 0.481 e. The van der Waals surface area contributed by atoms with Crippen LogP contribution in [0.1, 0.15) is 38.8 Å². The third-order valence-electron chi connectivity index (χ3n) is 3.44. The average Bonchev–Trinajstić information content (AvgIpc) is 2.36. The second kappa shape index (κ2) is 6.74. The van der Waals surface area contributed by atoms with Crippen molar-refractivity contribution in [3.8, 4) is 5.88 Å². The van der Waals surface area contributed by atoms with Crippen LogP contribution in [-0.2, 0) is 4.79 Å². The Morgan fingerprint density at radius 1 is 1.52 bits per heavy atom. The third-order valence-corrected chi connectivity index (χ3v) is 3.44. The van der Waals surface area contributed by atoms with Crippen LogP contribution in [0.2, 0.25) is 0 Å². The molecule has 0 spiro atoms. The van der Waals surface area contributed by atoms with E-state index in [9.17, 15) is 4.79 Å². The van der Waals surface area contributed by atoms with E-state index in [4.69, 9.17) is 9.84 Å². The number of aryl methyl sites for hydroxylation is 1. The van der Waals surface area contributed by atoms with Gasteiger partial charge in [0.25, 0.3) is 0 Å². The van der Waals surface area contributed by atoms with Crippen molar-refractivity contribution in [2.24, 2.45) is 5.92 Å². The first-order valence-electron chi connectivity index (χ1n) is 7.43. The van der Waals surface area contributed by atoms with Crippen LogP contribution in [0.3, 0.4) is 0 Å². The maximum absolute atomic E-state index is 10.9. The molecule has 1 aliphatic rings. The van der Waals surface area contributed by atoms with Crippen LogP contribution < -0.4 is 9.64 Å². The third kappa shape index (κ3) is 4.58. The molecule has 0 aromatic carbocycles.